The molecule has 1 amide bonds. The Morgan fingerprint density at radius 2 is 1.83 bits per heavy atom. The van der Waals surface area contributed by atoms with Gasteiger partial charge in [-0.15, -0.1) is 0 Å². The zero-order valence-corrected chi connectivity index (χ0v) is 16.5. The maximum Gasteiger partial charge on any atom is 0.268 e. The van der Waals surface area contributed by atoms with Crippen molar-refractivity contribution in [3.05, 3.63) is 59.9 Å². The minimum atomic E-state index is -3.33. The second kappa shape index (κ2) is 7.94. The van der Waals surface area contributed by atoms with Crippen molar-refractivity contribution in [1.29, 1.82) is 0 Å². The third kappa shape index (κ3) is 4.17. The van der Waals surface area contributed by atoms with Gasteiger partial charge in [-0.25, -0.2) is 12.8 Å². The predicted molar refractivity (Wildman–Crippen MR) is 107 cm³/mol. The van der Waals surface area contributed by atoms with E-state index in [0.29, 0.717) is 29.8 Å². The number of carbonyl (C=O) groups is 1. The van der Waals surface area contributed by atoms with Gasteiger partial charge >= 0.3 is 0 Å². The Morgan fingerprint density at radius 3 is 2.52 bits per heavy atom. The number of nitrogens with one attached hydrogen (secondary N) is 1. The number of halogens is 1. The zero-order chi connectivity index (χ0) is 20.4. The molecule has 1 saturated carbocycles. The Kier molecular flexibility index (Phi) is 5.36. The highest BCUT2D eigenvalue weighted by Crippen LogP contribution is 2.30. The van der Waals surface area contributed by atoms with Gasteiger partial charge < -0.3 is 10.2 Å². The number of oxime groups is 1. The number of hydrogen-bond acceptors (Lipinski definition) is 5. The van der Waals surface area contributed by atoms with Crippen LogP contribution in [0.1, 0.15) is 37.7 Å². The lowest BCUT2D eigenvalue weighted by Crippen LogP contribution is -2.28. The Balaban J connectivity index is 1.38. The van der Waals surface area contributed by atoms with Crippen molar-refractivity contribution >= 4 is 27.1 Å². The van der Waals surface area contributed by atoms with Crippen molar-refractivity contribution in [3.8, 4) is 0 Å². The number of anilines is 1. The molecule has 1 aliphatic carbocycles. The van der Waals surface area contributed by atoms with E-state index in [2.05, 4.69) is 10.5 Å². The number of amides is 1. The molecule has 4 rings (SSSR count). The van der Waals surface area contributed by atoms with Crippen LogP contribution in [0, 0.1) is 5.82 Å². The highest BCUT2D eigenvalue weighted by atomic mass is 32.2. The molecule has 0 aromatic heterocycles. The summed E-state index contributed by atoms with van der Waals surface area (Å²) in [5.74, 6) is -0.780. The summed E-state index contributed by atoms with van der Waals surface area (Å²) in [5, 5.41) is 6.29. The first kappa shape index (κ1) is 19.6. The predicted octanol–water partition coefficient (Wildman–Crippen LogP) is 3.67. The van der Waals surface area contributed by atoms with E-state index in [1.165, 1.54) is 24.3 Å². The average molecular weight is 416 g/mol. The minimum absolute atomic E-state index is 0.226. The van der Waals surface area contributed by atoms with Crippen LogP contribution in [0.15, 0.2) is 58.6 Å². The molecule has 0 unspecified atom stereocenters. The molecule has 29 heavy (non-hydrogen) atoms. The molecule has 2 aromatic rings. The van der Waals surface area contributed by atoms with Gasteiger partial charge in [-0.05, 0) is 49.2 Å². The molecule has 2 aliphatic rings. The highest BCUT2D eigenvalue weighted by Gasteiger charge is 2.31. The monoisotopic (exact) mass is 416 g/mol. The number of hydrogen-bond donors (Lipinski definition) is 1. The van der Waals surface area contributed by atoms with Crippen LogP contribution < -0.4 is 5.32 Å². The molecule has 1 heterocycles. The van der Waals surface area contributed by atoms with Crippen LogP contribution in [0.2, 0.25) is 0 Å². The summed E-state index contributed by atoms with van der Waals surface area (Å²) in [6.45, 7) is 0. The zero-order valence-electron chi connectivity index (χ0n) is 15.7. The van der Waals surface area contributed by atoms with Gasteiger partial charge in [0.15, 0.2) is 9.84 Å². The summed E-state index contributed by atoms with van der Waals surface area (Å²) in [6, 6.07) is 12.1. The first-order chi connectivity index (χ1) is 13.9. The van der Waals surface area contributed by atoms with Gasteiger partial charge in [-0.2, -0.15) is 0 Å². The smallest absolute Gasteiger partial charge is 0.268 e. The number of carbonyl (C=O) groups excluding carboxylic acids is 1. The lowest BCUT2D eigenvalue weighted by atomic mass is 10.0. The summed E-state index contributed by atoms with van der Waals surface area (Å²) in [5.41, 5.74) is 1.55. The Morgan fingerprint density at radius 1 is 1.10 bits per heavy atom. The second-order valence-corrected chi connectivity index (χ2v) is 9.54. The third-order valence-electron chi connectivity index (χ3n) is 5.31. The van der Waals surface area contributed by atoms with E-state index in [-0.39, 0.29) is 22.4 Å². The number of rotatable bonds is 5. The van der Waals surface area contributed by atoms with E-state index in [4.69, 9.17) is 4.84 Å². The van der Waals surface area contributed by atoms with Crippen LogP contribution in [-0.2, 0) is 19.5 Å². The van der Waals surface area contributed by atoms with Crippen molar-refractivity contribution < 1.29 is 22.4 Å². The molecule has 2 aromatic carbocycles. The summed E-state index contributed by atoms with van der Waals surface area (Å²) in [6.07, 6.45) is 2.69. The normalized spacial score (nSPS) is 19.6. The van der Waals surface area contributed by atoms with Crippen molar-refractivity contribution in [2.75, 3.05) is 5.32 Å². The van der Waals surface area contributed by atoms with E-state index in [1.807, 2.05) is 0 Å². The fourth-order valence-corrected chi connectivity index (χ4v) is 5.55. The van der Waals surface area contributed by atoms with Crippen LogP contribution in [-0.4, -0.2) is 31.4 Å². The van der Waals surface area contributed by atoms with Gasteiger partial charge in [0.05, 0.1) is 15.9 Å². The fourth-order valence-electron chi connectivity index (χ4n) is 3.70. The lowest BCUT2D eigenvalue weighted by molar-refractivity contribution is -0.125. The van der Waals surface area contributed by atoms with E-state index in [0.717, 1.165) is 12.8 Å². The molecule has 0 radical (unpaired) electrons. The first-order valence-corrected chi connectivity index (χ1v) is 11.1. The molecule has 1 N–H and O–H groups in total. The highest BCUT2D eigenvalue weighted by molar-refractivity contribution is 7.92. The first-order valence-electron chi connectivity index (χ1n) is 9.57. The van der Waals surface area contributed by atoms with Gasteiger partial charge in [0, 0.05) is 17.7 Å². The van der Waals surface area contributed by atoms with E-state index in [1.54, 1.807) is 24.3 Å². The van der Waals surface area contributed by atoms with Crippen LogP contribution in [0.25, 0.3) is 0 Å². The van der Waals surface area contributed by atoms with Gasteiger partial charge in [0.1, 0.15) is 5.82 Å². The minimum Gasteiger partial charge on any atom is -0.382 e. The topological polar surface area (TPSA) is 84.8 Å². The maximum atomic E-state index is 13.4. The largest absolute Gasteiger partial charge is 0.382 e. The van der Waals surface area contributed by atoms with Gasteiger partial charge in [-0.3, -0.25) is 4.79 Å². The standard InChI is InChI=1S/C21H21FN2O4S/c22-15-5-3-4-14(12-15)19-13-20(28-24-19)21(25)23-16-8-10-18(11-9-16)29(26,27)17-6-1-2-7-17/h3-5,8-12,17,20H,1-2,6-7,13H2,(H,23,25)/t20-/m1/s1. The van der Waals surface area contributed by atoms with Crippen LogP contribution >= 0.6 is 0 Å². The summed E-state index contributed by atoms with van der Waals surface area (Å²) in [4.78, 5) is 17.9. The molecule has 1 fully saturated rings. The molecule has 0 bridgehead atoms. The van der Waals surface area contributed by atoms with Crippen molar-refractivity contribution in [2.24, 2.45) is 5.16 Å². The van der Waals surface area contributed by atoms with Crippen molar-refractivity contribution in [3.63, 3.8) is 0 Å². The van der Waals surface area contributed by atoms with E-state index in [9.17, 15) is 17.6 Å². The summed E-state index contributed by atoms with van der Waals surface area (Å²) >= 11 is 0. The van der Waals surface area contributed by atoms with Gasteiger partial charge in [0.25, 0.3) is 5.91 Å². The Hall–Kier alpha value is -2.74. The molecule has 0 spiro atoms. The number of nitrogens with zero attached hydrogens (tertiary/aromatic N) is 1. The van der Waals surface area contributed by atoms with Crippen molar-refractivity contribution in [2.45, 2.75) is 48.4 Å². The molecule has 0 saturated heterocycles. The van der Waals surface area contributed by atoms with E-state index < -0.39 is 21.8 Å². The molecular weight excluding hydrogens is 395 g/mol. The molecule has 1 aliphatic heterocycles. The molecular formula is C21H21FN2O4S. The molecule has 8 heteroatoms. The lowest BCUT2D eigenvalue weighted by Gasteiger charge is -2.13. The van der Waals surface area contributed by atoms with Crippen LogP contribution in [0.5, 0.6) is 0 Å². The Bertz CT molecular complexity index is 1040. The third-order valence-corrected chi connectivity index (χ3v) is 7.59. The molecule has 152 valence electrons. The van der Waals surface area contributed by atoms with E-state index >= 15 is 0 Å². The van der Waals surface area contributed by atoms with Gasteiger partial charge in [-0.1, -0.05) is 30.1 Å². The Labute approximate surface area is 168 Å². The van der Waals surface area contributed by atoms with Crippen LogP contribution in [0.4, 0.5) is 10.1 Å². The van der Waals surface area contributed by atoms with Gasteiger partial charge in [0.2, 0.25) is 6.10 Å². The quantitative estimate of drug-likeness (QED) is 0.806. The van der Waals surface area contributed by atoms with Crippen molar-refractivity contribution in [1.82, 2.24) is 0 Å². The number of sulfone groups is 1. The summed E-state index contributed by atoms with van der Waals surface area (Å²) < 4.78 is 38.6. The second-order valence-electron chi connectivity index (χ2n) is 7.31. The average Bonchev–Trinajstić information content (AvgIpc) is 3.41. The summed E-state index contributed by atoms with van der Waals surface area (Å²) in [7, 11) is -3.33. The fraction of sp³-hybridized carbons (Fsp3) is 0.333. The molecule has 1 atom stereocenters. The maximum absolute atomic E-state index is 13.4. The van der Waals surface area contributed by atoms with Crippen LogP contribution in [0.3, 0.4) is 0 Å². The molecule has 6 nitrogen and oxygen atoms in total. The SMILES string of the molecule is O=C(Nc1ccc(S(=O)(=O)C2CCCC2)cc1)[C@H]1CC(c2cccc(F)c2)=NO1. The number of benzene rings is 2.